The van der Waals surface area contributed by atoms with Crippen molar-refractivity contribution in [3.05, 3.63) is 29.6 Å². The van der Waals surface area contributed by atoms with Crippen LogP contribution >= 0.6 is 11.3 Å². The molecule has 0 radical (unpaired) electrons. The van der Waals surface area contributed by atoms with Crippen LogP contribution in [0.4, 0.5) is 5.69 Å². The Bertz CT molecular complexity index is 634. The Kier molecular flexibility index (Phi) is 3.89. The average Bonchev–Trinajstić information content (AvgIpc) is 2.76. The van der Waals surface area contributed by atoms with Gasteiger partial charge in [0.25, 0.3) is 0 Å². The first-order valence-electron chi connectivity index (χ1n) is 5.66. The summed E-state index contributed by atoms with van der Waals surface area (Å²) in [7, 11) is -1.60. The van der Waals surface area contributed by atoms with Gasteiger partial charge in [-0.05, 0) is 49.0 Å². The molecule has 0 aliphatic heterocycles. The smallest absolute Gasteiger partial charge is 0.236 e. The van der Waals surface area contributed by atoms with E-state index in [-0.39, 0.29) is 0 Å². The molecule has 0 spiro atoms. The minimum Gasteiger partial charge on any atom is -0.318 e. The molecule has 0 aliphatic carbocycles. The molecule has 98 valence electrons. The molecular weight excluding hydrogens is 268 g/mol. The summed E-state index contributed by atoms with van der Waals surface area (Å²) in [5, 5.41) is 5.45. The maximum atomic E-state index is 12.0. The van der Waals surface area contributed by atoms with Gasteiger partial charge in [0.1, 0.15) is 0 Å². The van der Waals surface area contributed by atoms with E-state index in [4.69, 9.17) is 0 Å². The number of rotatable bonds is 5. The summed E-state index contributed by atoms with van der Waals surface area (Å²) < 4.78 is 27.8. The molecular formula is C12H16N2O2S2. The van der Waals surface area contributed by atoms with Crippen molar-refractivity contribution < 1.29 is 8.42 Å². The summed E-state index contributed by atoms with van der Waals surface area (Å²) in [6, 6.07) is 7.56. The molecule has 1 atom stereocenters. The van der Waals surface area contributed by atoms with Crippen LogP contribution in [0, 0.1) is 0 Å². The molecule has 2 N–H and O–H groups in total. The highest BCUT2D eigenvalue weighted by Gasteiger charge is 2.19. The highest BCUT2D eigenvalue weighted by Crippen LogP contribution is 2.24. The van der Waals surface area contributed by atoms with Crippen LogP contribution in [0.5, 0.6) is 0 Å². The predicted octanol–water partition coefficient (Wildman–Crippen LogP) is 2.25. The van der Waals surface area contributed by atoms with Gasteiger partial charge in [-0.15, -0.1) is 11.3 Å². The van der Waals surface area contributed by atoms with Crippen molar-refractivity contribution in [1.82, 2.24) is 5.32 Å². The van der Waals surface area contributed by atoms with Crippen LogP contribution in [0.15, 0.2) is 29.6 Å². The average molecular weight is 284 g/mol. The Morgan fingerprint density at radius 2 is 2.11 bits per heavy atom. The van der Waals surface area contributed by atoms with Crippen LogP contribution in [0.25, 0.3) is 10.1 Å². The second-order valence-corrected chi connectivity index (χ2v) is 7.24. The molecule has 0 saturated heterocycles. The van der Waals surface area contributed by atoms with Gasteiger partial charge in [-0.1, -0.05) is 0 Å². The monoisotopic (exact) mass is 284 g/mol. The zero-order chi connectivity index (χ0) is 13.2. The second kappa shape index (κ2) is 5.26. The van der Waals surface area contributed by atoms with E-state index in [1.54, 1.807) is 31.4 Å². The molecule has 18 heavy (non-hydrogen) atoms. The van der Waals surface area contributed by atoms with Crippen LogP contribution < -0.4 is 10.0 Å². The summed E-state index contributed by atoms with van der Waals surface area (Å²) in [6.07, 6.45) is 0. The van der Waals surface area contributed by atoms with Gasteiger partial charge in [0.2, 0.25) is 10.0 Å². The lowest BCUT2D eigenvalue weighted by Crippen LogP contribution is -2.33. The van der Waals surface area contributed by atoms with E-state index in [2.05, 4.69) is 10.0 Å². The first-order valence-corrected chi connectivity index (χ1v) is 8.09. The maximum absolute atomic E-state index is 12.0. The van der Waals surface area contributed by atoms with Crippen LogP contribution in [0.2, 0.25) is 0 Å². The number of hydrogen-bond donors (Lipinski definition) is 2. The van der Waals surface area contributed by atoms with Crippen molar-refractivity contribution in [1.29, 1.82) is 0 Å². The number of benzene rings is 1. The van der Waals surface area contributed by atoms with Crippen molar-refractivity contribution in [2.75, 3.05) is 18.3 Å². The number of nitrogens with one attached hydrogen (secondary N) is 2. The third-order valence-electron chi connectivity index (χ3n) is 2.73. The third-order valence-corrected chi connectivity index (χ3v) is 5.38. The number of anilines is 1. The highest BCUT2D eigenvalue weighted by molar-refractivity contribution is 7.93. The molecule has 0 saturated carbocycles. The SMILES string of the molecule is CNCC(C)S(=O)(=O)Nc1ccc2sccc2c1. The third kappa shape index (κ3) is 2.82. The maximum Gasteiger partial charge on any atom is 0.236 e. The molecule has 2 rings (SSSR count). The molecule has 0 amide bonds. The van der Waals surface area contributed by atoms with E-state index < -0.39 is 15.3 Å². The molecule has 2 aromatic rings. The Hall–Kier alpha value is -1.11. The Morgan fingerprint density at radius 3 is 2.83 bits per heavy atom. The van der Waals surface area contributed by atoms with Crippen molar-refractivity contribution >= 4 is 37.1 Å². The first kappa shape index (κ1) is 13.3. The van der Waals surface area contributed by atoms with Gasteiger partial charge in [0.15, 0.2) is 0 Å². The zero-order valence-corrected chi connectivity index (χ0v) is 11.9. The van der Waals surface area contributed by atoms with E-state index in [1.807, 2.05) is 23.6 Å². The highest BCUT2D eigenvalue weighted by atomic mass is 32.2. The van der Waals surface area contributed by atoms with Gasteiger partial charge in [-0.3, -0.25) is 4.72 Å². The largest absolute Gasteiger partial charge is 0.318 e. The molecule has 1 aromatic carbocycles. The number of sulfonamides is 1. The molecule has 0 fully saturated rings. The Balaban J connectivity index is 2.22. The Morgan fingerprint density at radius 1 is 1.33 bits per heavy atom. The molecule has 0 bridgehead atoms. The molecule has 6 heteroatoms. The van der Waals surface area contributed by atoms with Gasteiger partial charge in [-0.2, -0.15) is 0 Å². The summed E-state index contributed by atoms with van der Waals surface area (Å²) in [5.41, 5.74) is 0.615. The summed E-state index contributed by atoms with van der Waals surface area (Å²) in [5.74, 6) is 0. The van der Waals surface area contributed by atoms with E-state index in [0.717, 1.165) is 10.1 Å². The van der Waals surface area contributed by atoms with E-state index in [1.165, 1.54) is 0 Å². The lowest BCUT2D eigenvalue weighted by molar-refractivity contribution is 0.584. The molecule has 1 heterocycles. The lowest BCUT2D eigenvalue weighted by Gasteiger charge is -2.14. The van der Waals surface area contributed by atoms with Crippen LogP contribution in [0.3, 0.4) is 0 Å². The fourth-order valence-electron chi connectivity index (χ4n) is 1.69. The van der Waals surface area contributed by atoms with Crippen LogP contribution in [-0.2, 0) is 10.0 Å². The van der Waals surface area contributed by atoms with E-state index >= 15 is 0 Å². The molecule has 1 aromatic heterocycles. The van der Waals surface area contributed by atoms with Crippen molar-refractivity contribution in [2.45, 2.75) is 12.2 Å². The topological polar surface area (TPSA) is 58.2 Å². The van der Waals surface area contributed by atoms with Gasteiger partial charge in [-0.25, -0.2) is 8.42 Å². The van der Waals surface area contributed by atoms with Crippen molar-refractivity contribution in [3.63, 3.8) is 0 Å². The van der Waals surface area contributed by atoms with Gasteiger partial charge in [0, 0.05) is 16.9 Å². The quantitative estimate of drug-likeness (QED) is 0.885. The van der Waals surface area contributed by atoms with E-state index in [0.29, 0.717) is 12.2 Å². The lowest BCUT2D eigenvalue weighted by atomic mass is 10.2. The fourth-order valence-corrected chi connectivity index (χ4v) is 3.51. The Labute approximate surface area is 111 Å². The van der Waals surface area contributed by atoms with Crippen molar-refractivity contribution in [3.8, 4) is 0 Å². The van der Waals surface area contributed by atoms with Crippen molar-refractivity contribution in [2.24, 2.45) is 0 Å². The van der Waals surface area contributed by atoms with Gasteiger partial charge >= 0.3 is 0 Å². The fraction of sp³-hybridized carbons (Fsp3) is 0.333. The van der Waals surface area contributed by atoms with Gasteiger partial charge < -0.3 is 5.32 Å². The number of hydrogen-bond acceptors (Lipinski definition) is 4. The minimum absolute atomic E-state index is 0.427. The van der Waals surface area contributed by atoms with E-state index in [9.17, 15) is 8.42 Å². The standard InChI is InChI=1S/C12H16N2O2S2/c1-9(8-13-2)18(15,16)14-11-3-4-12-10(7-11)5-6-17-12/h3-7,9,13-14H,8H2,1-2H3. The normalized spacial score (nSPS) is 13.7. The molecule has 4 nitrogen and oxygen atoms in total. The van der Waals surface area contributed by atoms with Crippen LogP contribution in [-0.4, -0.2) is 27.3 Å². The summed E-state index contributed by atoms with van der Waals surface area (Å²) in [6.45, 7) is 2.11. The summed E-state index contributed by atoms with van der Waals surface area (Å²) >= 11 is 1.64. The molecule has 1 unspecified atom stereocenters. The molecule has 0 aliphatic rings. The second-order valence-electron chi connectivity index (χ2n) is 4.19. The van der Waals surface area contributed by atoms with Gasteiger partial charge in [0.05, 0.1) is 5.25 Å². The zero-order valence-electron chi connectivity index (χ0n) is 10.3. The minimum atomic E-state index is -3.34. The number of thiophene rings is 1. The first-order chi connectivity index (χ1) is 8.53. The number of fused-ring (bicyclic) bond motifs is 1. The summed E-state index contributed by atoms with van der Waals surface area (Å²) in [4.78, 5) is 0. The van der Waals surface area contributed by atoms with Crippen LogP contribution in [0.1, 0.15) is 6.92 Å². The predicted molar refractivity (Wildman–Crippen MR) is 77.8 cm³/mol.